The van der Waals surface area contributed by atoms with E-state index >= 15 is 0 Å². The molecule has 0 aliphatic carbocycles. The molecule has 0 unspecified atom stereocenters. The van der Waals surface area contributed by atoms with E-state index in [1.165, 1.54) is 11.3 Å². The van der Waals surface area contributed by atoms with E-state index in [-0.39, 0.29) is 42.2 Å². The molecule has 1 aromatic heterocycles. The second-order valence-electron chi connectivity index (χ2n) is 15.8. The first-order valence-electron chi connectivity index (χ1n) is 19.9. The summed E-state index contributed by atoms with van der Waals surface area (Å²) in [5.41, 5.74) is 1.26. The topological polar surface area (TPSA) is 182 Å². The number of carbonyl (C=O) groups excluding carboxylic acids is 4. The molecule has 5 N–H and O–H groups in total. The zero-order valence-electron chi connectivity index (χ0n) is 34.9. The number of thiazole rings is 1. The fraction of sp³-hybridized carbons (Fsp3) is 0.659. The monoisotopic (exact) mass is 799 g/mol. The number of carboxylic acids is 1. The van der Waals surface area contributed by atoms with Crippen molar-refractivity contribution in [1.82, 2.24) is 30.7 Å². The van der Waals surface area contributed by atoms with E-state index in [2.05, 4.69) is 31.2 Å². The van der Waals surface area contributed by atoms with Gasteiger partial charge >= 0.3 is 12.1 Å². The highest BCUT2D eigenvalue weighted by molar-refractivity contribution is 7.09. The van der Waals surface area contributed by atoms with Gasteiger partial charge in [0.25, 0.3) is 5.91 Å². The van der Waals surface area contributed by atoms with Crippen LogP contribution in [-0.2, 0) is 25.5 Å². The van der Waals surface area contributed by atoms with E-state index in [4.69, 9.17) is 4.74 Å². The van der Waals surface area contributed by atoms with E-state index in [1.807, 2.05) is 73.0 Å². The summed E-state index contributed by atoms with van der Waals surface area (Å²) in [7, 11) is 5.49. The predicted molar refractivity (Wildman–Crippen MR) is 220 cm³/mol. The Morgan fingerprint density at radius 2 is 1.71 bits per heavy atom. The van der Waals surface area contributed by atoms with Crippen LogP contribution in [0.25, 0.3) is 0 Å². The zero-order chi connectivity index (χ0) is 41.7. The molecular formula is C41H65N7O7S. The molecule has 0 spiro atoms. The summed E-state index contributed by atoms with van der Waals surface area (Å²) in [4.78, 5) is 74.9. The molecule has 2 aromatic rings. The highest BCUT2D eigenvalue weighted by atomic mass is 32.1. The molecule has 0 bridgehead atoms. The third-order valence-corrected chi connectivity index (χ3v) is 12.2. The Labute approximate surface area is 336 Å². The van der Waals surface area contributed by atoms with Gasteiger partial charge in [-0.1, -0.05) is 53.2 Å². The number of aromatic nitrogens is 1. The van der Waals surface area contributed by atoms with Crippen LogP contribution in [0.2, 0.25) is 0 Å². The Kier molecular flexibility index (Phi) is 17.6. The molecule has 56 heavy (non-hydrogen) atoms. The first kappa shape index (κ1) is 46.1. The third-order valence-electron chi connectivity index (χ3n) is 11.3. The van der Waals surface area contributed by atoms with Crippen molar-refractivity contribution in [2.75, 3.05) is 39.5 Å². The molecule has 2 heterocycles. The molecule has 0 saturated carbocycles. The molecule has 4 amide bonds. The SMILES string of the molecule is CCNC(=O)O[C@H](C[C@H](C(C)C)N(C)C(=O)[C@@H](NC(=O)[C@]1(C)CCCCN1C)[C@@H](C)CC)c1nc(C(=O)N[C@@H](Cc2ccc(NC)cc2)C[C@H](C)C(=O)O)cs1. The average molecular weight is 800 g/mol. The van der Waals surface area contributed by atoms with Crippen LogP contribution in [-0.4, -0.2) is 108 Å². The maximum Gasteiger partial charge on any atom is 0.407 e. The van der Waals surface area contributed by atoms with Crippen LogP contribution >= 0.6 is 11.3 Å². The van der Waals surface area contributed by atoms with Crippen molar-refractivity contribution >= 4 is 46.8 Å². The summed E-state index contributed by atoms with van der Waals surface area (Å²) >= 11 is 1.17. The van der Waals surface area contributed by atoms with Gasteiger partial charge in [0, 0.05) is 50.2 Å². The summed E-state index contributed by atoms with van der Waals surface area (Å²) in [5, 5.41) is 23.5. The van der Waals surface area contributed by atoms with Gasteiger partial charge in [-0.3, -0.25) is 24.1 Å². The number of rotatable bonds is 20. The molecule has 7 atom stereocenters. The van der Waals surface area contributed by atoms with Crippen LogP contribution in [0.1, 0.15) is 114 Å². The van der Waals surface area contributed by atoms with Crippen molar-refractivity contribution in [2.45, 2.75) is 123 Å². The van der Waals surface area contributed by atoms with Gasteiger partial charge in [-0.05, 0) is 89.1 Å². The number of likely N-dealkylation sites (N-methyl/N-ethyl adjacent to an activating group) is 2. The molecule has 1 aliphatic heterocycles. The lowest BCUT2D eigenvalue weighted by Crippen LogP contribution is -2.62. The second-order valence-corrected chi connectivity index (χ2v) is 16.7. The molecular weight excluding hydrogens is 735 g/mol. The molecule has 1 aliphatic rings. The van der Waals surface area contributed by atoms with E-state index in [9.17, 15) is 29.1 Å². The first-order chi connectivity index (χ1) is 26.4. The minimum atomic E-state index is -0.955. The summed E-state index contributed by atoms with van der Waals surface area (Å²) < 4.78 is 5.92. The Hall–Kier alpha value is -4.24. The van der Waals surface area contributed by atoms with Crippen LogP contribution in [0.3, 0.4) is 0 Å². The fourth-order valence-corrected chi connectivity index (χ4v) is 7.97. The highest BCUT2D eigenvalue weighted by Gasteiger charge is 2.42. The summed E-state index contributed by atoms with van der Waals surface area (Å²) in [5.74, 6) is -2.75. The summed E-state index contributed by atoms with van der Waals surface area (Å²) in [6.07, 6.45) is 2.60. The number of amides is 4. The number of benzene rings is 1. The van der Waals surface area contributed by atoms with Crippen LogP contribution in [0.4, 0.5) is 10.5 Å². The number of hydrogen-bond acceptors (Lipinski definition) is 10. The maximum atomic E-state index is 14.4. The lowest BCUT2D eigenvalue weighted by Gasteiger charge is -2.43. The van der Waals surface area contributed by atoms with Gasteiger partial charge in [0.2, 0.25) is 11.8 Å². The van der Waals surface area contributed by atoms with Crippen molar-refractivity contribution in [1.29, 1.82) is 0 Å². The normalized spacial score (nSPS) is 19.1. The highest BCUT2D eigenvalue weighted by Crippen LogP contribution is 2.32. The van der Waals surface area contributed by atoms with Gasteiger partial charge < -0.3 is 36.0 Å². The fourth-order valence-electron chi connectivity index (χ4n) is 7.13. The Balaban J connectivity index is 1.87. The average Bonchev–Trinajstić information content (AvgIpc) is 3.66. The standard InChI is InChI=1S/C41H65N7O7S/c1-11-26(5)34(46-39(53)41(7)19-13-14-20-47(41)9)37(50)48(10)32(25(3)4)23-33(55-40(54)43-12-2)36-45-31(24-56-36)35(49)44-30(21-27(6)38(51)52)22-28-15-17-29(42-8)18-16-28/h15-18,24-27,30,32-34,42H,11-14,19-23H2,1-10H3,(H,43,54)(H,44,49)(H,46,53)(H,51,52)/t26-,27-,30+,32+,33+,34-,41-/m0/s1. The molecule has 15 heteroatoms. The van der Waals surface area contributed by atoms with Crippen LogP contribution in [0, 0.1) is 17.8 Å². The minimum absolute atomic E-state index is 0.0820. The van der Waals surface area contributed by atoms with Crippen molar-refractivity contribution in [3.63, 3.8) is 0 Å². The predicted octanol–water partition coefficient (Wildman–Crippen LogP) is 5.70. The third kappa shape index (κ3) is 12.4. The van der Waals surface area contributed by atoms with Crippen molar-refractivity contribution in [2.24, 2.45) is 17.8 Å². The Morgan fingerprint density at radius 3 is 2.29 bits per heavy atom. The number of nitrogens with one attached hydrogen (secondary N) is 4. The number of alkyl carbamates (subject to hydrolysis) is 1. The molecule has 1 fully saturated rings. The van der Waals surface area contributed by atoms with Gasteiger partial charge in [-0.15, -0.1) is 11.3 Å². The smallest absolute Gasteiger partial charge is 0.407 e. The van der Waals surface area contributed by atoms with Gasteiger partial charge in [0.05, 0.1) is 11.5 Å². The number of anilines is 1. The van der Waals surface area contributed by atoms with Gasteiger partial charge in [-0.2, -0.15) is 0 Å². The number of aliphatic carboxylic acids is 1. The molecule has 1 saturated heterocycles. The summed E-state index contributed by atoms with van der Waals surface area (Å²) in [6, 6.07) is 6.01. The Bertz CT molecular complexity index is 1620. The zero-order valence-corrected chi connectivity index (χ0v) is 35.8. The van der Waals surface area contributed by atoms with E-state index in [0.29, 0.717) is 30.8 Å². The quantitative estimate of drug-likeness (QED) is 0.111. The number of ether oxygens (including phenoxy) is 1. The molecule has 3 rings (SSSR count). The van der Waals surface area contributed by atoms with Gasteiger partial charge in [-0.25, -0.2) is 9.78 Å². The number of hydrogen-bond donors (Lipinski definition) is 5. The lowest BCUT2D eigenvalue weighted by atomic mass is 9.86. The van der Waals surface area contributed by atoms with Crippen LogP contribution < -0.4 is 21.3 Å². The number of piperidine rings is 1. The van der Waals surface area contributed by atoms with E-state index in [0.717, 1.165) is 30.6 Å². The summed E-state index contributed by atoms with van der Waals surface area (Å²) in [6.45, 7) is 14.4. The Morgan fingerprint density at radius 1 is 1.04 bits per heavy atom. The molecule has 14 nitrogen and oxygen atoms in total. The molecule has 1 aromatic carbocycles. The van der Waals surface area contributed by atoms with Crippen LogP contribution in [0.15, 0.2) is 29.6 Å². The van der Waals surface area contributed by atoms with Crippen LogP contribution in [0.5, 0.6) is 0 Å². The largest absolute Gasteiger partial charge is 0.481 e. The second kappa shape index (κ2) is 21.3. The number of carboxylic acid groups (broad SMARTS) is 1. The van der Waals surface area contributed by atoms with Gasteiger partial charge in [0.15, 0.2) is 6.10 Å². The first-order valence-corrected chi connectivity index (χ1v) is 20.8. The molecule has 0 radical (unpaired) electrons. The van der Waals surface area contributed by atoms with Crippen molar-refractivity contribution in [3.8, 4) is 0 Å². The number of carbonyl (C=O) groups is 5. The number of likely N-dealkylation sites (tertiary alicyclic amines) is 1. The van der Waals surface area contributed by atoms with Gasteiger partial charge in [0.1, 0.15) is 16.7 Å². The maximum absolute atomic E-state index is 14.4. The van der Waals surface area contributed by atoms with E-state index in [1.54, 1.807) is 31.2 Å². The lowest BCUT2D eigenvalue weighted by molar-refractivity contribution is -0.143. The number of nitrogens with zero attached hydrogens (tertiary/aromatic N) is 3. The minimum Gasteiger partial charge on any atom is -0.481 e. The molecule has 312 valence electrons. The van der Waals surface area contributed by atoms with Crippen molar-refractivity contribution < 1.29 is 33.8 Å². The van der Waals surface area contributed by atoms with Crippen molar-refractivity contribution in [3.05, 3.63) is 45.9 Å². The van der Waals surface area contributed by atoms with E-state index < -0.39 is 53.7 Å².